The van der Waals surface area contributed by atoms with Crippen molar-refractivity contribution in [3.63, 3.8) is 0 Å². The zero-order chi connectivity index (χ0) is 13.5. The van der Waals surface area contributed by atoms with Crippen molar-refractivity contribution in [3.8, 4) is 0 Å². The van der Waals surface area contributed by atoms with Gasteiger partial charge in [0.1, 0.15) is 5.82 Å². The second-order valence-electron chi connectivity index (χ2n) is 5.78. The van der Waals surface area contributed by atoms with Gasteiger partial charge in [-0.05, 0) is 48.8 Å². The highest BCUT2D eigenvalue weighted by molar-refractivity contribution is 7.88. The van der Waals surface area contributed by atoms with Gasteiger partial charge in [-0.2, -0.15) is 0 Å². The van der Waals surface area contributed by atoms with Crippen LogP contribution in [0.1, 0.15) is 31.2 Å². The van der Waals surface area contributed by atoms with Crippen molar-refractivity contribution in [1.29, 1.82) is 0 Å². The Balaban J connectivity index is 1.64. The largest absolute Gasteiger partial charge is 0.216 e. The second kappa shape index (κ2) is 4.87. The molecule has 0 aromatic heterocycles. The summed E-state index contributed by atoms with van der Waals surface area (Å²) < 4.78 is 39.8. The molecule has 3 atom stereocenters. The van der Waals surface area contributed by atoms with E-state index < -0.39 is 10.0 Å². The molecule has 5 heteroatoms. The van der Waals surface area contributed by atoms with Crippen molar-refractivity contribution in [2.75, 3.05) is 0 Å². The van der Waals surface area contributed by atoms with E-state index in [4.69, 9.17) is 0 Å². The molecule has 1 aromatic rings. The minimum absolute atomic E-state index is 0.0683. The maximum atomic E-state index is 12.8. The lowest BCUT2D eigenvalue weighted by atomic mass is 9.96. The lowest BCUT2D eigenvalue weighted by Crippen LogP contribution is -2.39. The lowest BCUT2D eigenvalue weighted by Gasteiger charge is -2.22. The Bertz CT molecular complexity index is 555. The summed E-state index contributed by atoms with van der Waals surface area (Å²) in [6.07, 6.45) is 4.55. The standard InChI is InChI=1S/C14H18FNO2S/c15-13-5-2-10(3-6-13)9-19(17,18)16-14-8-11-1-4-12(14)7-11/h2-3,5-6,11-12,14,16H,1,4,7-9H2/t11-,12+,14+/m0/s1. The first-order valence-corrected chi connectivity index (χ1v) is 8.41. The summed E-state index contributed by atoms with van der Waals surface area (Å²) in [5.41, 5.74) is 0.622. The van der Waals surface area contributed by atoms with Crippen LogP contribution in [0.15, 0.2) is 24.3 Å². The number of sulfonamides is 1. The van der Waals surface area contributed by atoms with Crippen molar-refractivity contribution in [3.05, 3.63) is 35.6 Å². The number of rotatable bonds is 4. The van der Waals surface area contributed by atoms with Crippen LogP contribution in [0.5, 0.6) is 0 Å². The first-order chi connectivity index (χ1) is 9.02. The summed E-state index contributed by atoms with van der Waals surface area (Å²) in [6.45, 7) is 0. The second-order valence-corrected chi connectivity index (χ2v) is 7.54. The van der Waals surface area contributed by atoms with Crippen LogP contribution in [0, 0.1) is 17.7 Å². The molecular formula is C14H18FNO2S. The van der Waals surface area contributed by atoms with E-state index in [0.717, 1.165) is 12.8 Å². The number of hydrogen-bond donors (Lipinski definition) is 1. The average Bonchev–Trinajstić information content (AvgIpc) is 2.93. The van der Waals surface area contributed by atoms with Crippen LogP contribution in [0.4, 0.5) is 4.39 Å². The Kier molecular flexibility index (Phi) is 3.35. The van der Waals surface area contributed by atoms with Crippen LogP contribution in [0.2, 0.25) is 0 Å². The van der Waals surface area contributed by atoms with E-state index >= 15 is 0 Å². The maximum Gasteiger partial charge on any atom is 0.216 e. The Morgan fingerprint density at radius 2 is 1.89 bits per heavy atom. The number of hydrogen-bond acceptors (Lipinski definition) is 2. The number of benzene rings is 1. The van der Waals surface area contributed by atoms with Gasteiger partial charge in [0.15, 0.2) is 0 Å². The van der Waals surface area contributed by atoms with Crippen LogP contribution < -0.4 is 4.72 Å². The van der Waals surface area contributed by atoms with Crippen LogP contribution in [-0.2, 0) is 15.8 Å². The monoisotopic (exact) mass is 283 g/mol. The first kappa shape index (κ1) is 13.1. The van der Waals surface area contributed by atoms with Gasteiger partial charge in [0.05, 0.1) is 5.75 Å². The molecule has 2 saturated carbocycles. The Morgan fingerprint density at radius 1 is 1.16 bits per heavy atom. The quantitative estimate of drug-likeness (QED) is 0.922. The number of fused-ring (bicyclic) bond motifs is 2. The summed E-state index contributed by atoms with van der Waals surface area (Å²) >= 11 is 0. The summed E-state index contributed by atoms with van der Waals surface area (Å²) in [5, 5.41) is 0. The SMILES string of the molecule is O=S(=O)(Cc1ccc(F)cc1)N[C@@H]1C[C@H]2CC[C@@H]1C2. The molecule has 0 heterocycles. The summed E-state index contributed by atoms with van der Waals surface area (Å²) in [7, 11) is -3.33. The van der Waals surface area contributed by atoms with Gasteiger partial charge in [0.2, 0.25) is 10.0 Å². The van der Waals surface area contributed by atoms with E-state index in [1.165, 1.54) is 37.1 Å². The fourth-order valence-electron chi connectivity index (χ4n) is 3.46. The van der Waals surface area contributed by atoms with Gasteiger partial charge >= 0.3 is 0 Å². The van der Waals surface area contributed by atoms with E-state index in [1.807, 2.05) is 0 Å². The molecule has 3 nitrogen and oxygen atoms in total. The van der Waals surface area contributed by atoms with E-state index in [0.29, 0.717) is 17.4 Å². The molecular weight excluding hydrogens is 265 g/mol. The Hall–Kier alpha value is -0.940. The molecule has 2 aliphatic rings. The molecule has 0 aliphatic heterocycles. The summed E-state index contributed by atoms with van der Waals surface area (Å²) in [5.74, 6) is 0.819. The molecule has 3 rings (SSSR count). The molecule has 0 unspecified atom stereocenters. The highest BCUT2D eigenvalue weighted by Gasteiger charge is 2.40. The van der Waals surface area contributed by atoms with Gasteiger partial charge < -0.3 is 0 Å². The van der Waals surface area contributed by atoms with Crippen LogP contribution in [0.3, 0.4) is 0 Å². The molecule has 104 valence electrons. The molecule has 0 spiro atoms. The lowest BCUT2D eigenvalue weighted by molar-refractivity contribution is 0.390. The smallest absolute Gasteiger partial charge is 0.212 e. The van der Waals surface area contributed by atoms with Gasteiger partial charge in [0.25, 0.3) is 0 Å². The highest BCUT2D eigenvalue weighted by atomic mass is 32.2. The molecule has 2 aliphatic carbocycles. The molecule has 0 amide bonds. The van der Waals surface area contributed by atoms with Crippen molar-refractivity contribution in [2.45, 2.75) is 37.5 Å². The van der Waals surface area contributed by atoms with E-state index in [2.05, 4.69) is 4.72 Å². The summed E-state index contributed by atoms with van der Waals surface area (Å²) in [4.78, 5) is 0. The molecule has 0 radical (unpaired) electrons. The minimum atomic E-state index is -3.33. The van der Waals surface area contributed by atoms with Crippen LogP contribution in [0.25, 0.3) is 0 Å². The third kappa shape index (κ3) is 2.98. The van der Waals surface area contributed by atoms with Gasteiger partial charge in [0, 0.05) is 6.04 Å². The fourth-order valence-corrected chi connectivity index (χ4v) is 4.93. The zero-order valence-corrected chi connectivity index (χ0v) is 11.5. The molecule has 1 N–H and O–H groups in total. The van der Waals surface area contributed by atoms with E-state index in [-0.39, 0.29) is 17.6 Å². The minimum Gasteiger partial charge on any atom is -0.212 e. The van der Waals surface area contributed by atoms with Crippen molar-refractivity contribution < 1.29 is 12.8 Å². The Labute approximate surface area is 113 Å². The highest BCUT2D eigenvalue weighted by Crippen LogP contribution is 2.44. The molecule has 0 saturated heterocycles. The van der Waals surface area contributed by atoms with Crippen molar-refractivity contribution in [2.24, 2.45) is 11.8 Å². The zero-order valence-electron chi connectivity index (χ0n) is 10.7. The van der Waals surface area contributed by atoms with Crippen LogP contribution in [-0.4, -0.2) is 14.5 Å². The summed E-state index contributed by atoms with van der Waals surface area (Å²) in [6, 6.07) is 5.75. The fraction of sp³-hybridized carbons (Fsp3) is 0.571. The van der Waals surface area contributed by atoms with Gasteiger partial charge in [-0.3, -0.25) is 0 Å². The van der Waals surface area contributed by atoms with Crippen molar-refractivity contribution >= 4 is 10.0 Å². The number of nitrogens with one attached hydrogen (secondary N) is 1. The predicted molar refractivity (Wildman–Crippen MR) is 71.4 cm³/mol. The maximum absolute atomic E-state index is 12.8. The third-order valence-electron chi connectivity index (χ3n) is 4.34. The predicted octanol–water partition coefficient (Wildman–Crippen LogP) is 2.43. The molecule has 19 heavy (non-hydrogen) atoms. The molecule has 1 aromatic carbocycles. The molecule has 2 bridgehead atoms. The molecule has 2 fully saturated rings. The van der Waals surface area contributed by atoms with Gasteiger partial charge in [-0.15, -0.1) is 0 Å². The van der Waals surface area contributed by atoms with Gasteiger partial charge in [-0.1, -0.05) is 18.6 Å². The van der Waals surface area contributed by atoms with Gasteiger partial charge in [-0.25, -0.2) is 17.5 Å². The average molecular weight is 283 g/mol. The van der Waals surface area contributed by atoms with E-state index in [9.17, 15) is 12.8 Å². The third-order valence-corrected chi connectivity index (χ3v) is 5.71. The van der Waals surface area contributed by atoms with Crippen molar-refractivity contribution in [1.82, 2.24) is 4.72 Å². The normalized spacial score (nSPS) is 29.8. The Morgan fingerprint density at radius 3 is 2.47 bits per heavy atom. The number of halogens is 1. The topological polar surface area (TPSA) is 46.2 Å². The van der Waals surface area contributed by atoms with E-state index in [1.54, 1.807) is 0 Å². The first-order valence-electron chi connectivity index (χ1n) is 6.76. The van der Waals surface area contributed by atoms with Crippen LogP contribution >= 0.6 is 0 Å².